The van der Waals surface area contributed by atoms with Crippen molar-refractivity contribution in [1.29, 1.82) is 0 Å². The van der Waals surface area contributed by atoms with Gasteiger partial charge in [-0.15, -0.1) is 0 Å². The number of nitrogens with two attached hydrogens (primary N) is 1. The minimum absolute atomic E-state index is 0.306. The van der Waals surface area contributed by atoms with Gasteiger partial charge in [-0.3, -0.25) is 0 Å². The fourth-order valence-corrected chi connectivity index (χ4v) is 2.52. The molecule has 1 aliphatic carbocycles. The van der Waals surface area contributed by atoms with Gasteiger partial charge in [0.1, 0.15) is 5.82 Å². The highest BCUT2D eigenvalue weighted by molar-refractivity contribution is 5.50. The first kappa shape index (κ1) is 12.2. The van der Waals surface area contributed by atoms with Crippen molar-refractivity contribution in [1.82, 2.24) is 4.98 Å². The second kappa shape index (κ2) is 5.36. The van der Waals surface area contributed by atoms with Crippen LogP contribution in [-0.2, 0) is 0 Å². The summed E-state index contributed by atoms with van der Waals surface area (Å²) in [6.45, 7) is 3.18. The zero-order valence-electron chi connectivity index (χ0n) is 10.3. The van der Waals surface area contributed by atoms with E-state index in [-0.39, 0.29) is 0 Å². The molecular weight excluding hydrogens is 214 g/mol. The minimum atomic E-state index is 0.306. The Morgan fingerprint density at radius 1 is 1.47 bits per heavy atom. The van der Waals surface area contributed by atoms with E-state index in [2.05, 4.69) is 10.3 Å². The molecule has 1 aliphatic rings. The molecule has 0 saturated heterocycles. The van der Waals surface area contributed by atoms with Gasteiger partial charge < -0.3 is 16.2 Å². The Hall–Kier alpha value is -1.29. The summed E-state index contributed by atoms with van der Waals surface area (Å²) in [6, 6.07) is 1.97. The van der Waals surface area contributed by atoms with Crippen LogP contribution in [0.4, 0.5) is 11.5 Å². The van der Waals surface area contributed by atoms with Gasteiger partial charge in [0.25, 0.3) is 0 Å². The lowest BCUT2D eigenvalue weighted by Crippen LogP contribution is -2.21. The monoisotopic (exact) mass is 235 g/mol. The molecular formula is C13H21N3O. The second-order valence-corrected chi connectivity index (χ2v) is 4.94. The van der Waals surface area contributed by atoms with E-state index in [0.717, 1.165) is 30.0 Å². The van der Waals surface area contributed by atoms with Crippen molar-refractivity contribution in [3.05, 3.63) is 17.8 Å². The molecule has 2 unspecified atom stereocenters. The summed E-state index contributed by atoms with van der Waals surface area (Å²) >= 11 is 0. The van der Waals surface area contributed by atoms with Gasteiger partial charge in [0.05, 0.1) is 11.9 Å². The average Bonchev–Trinajstić information content (AvgIpc) is 2.78. The number of anilines is 2. The number of aryl methyl sites for hydroxylation is 1. The van der Waals surface area contributed by atoms with Crippen molar-refractivity contribution in [2.75, 3.05) is 24.2 Å². The standard InChI is InChI=1S/C13H21N3O/c1-9-5-13(16-7-12(9)14)15-6-10-3-2-4-11(10)8-17/h5,7,10-11,17H,2-4,6,8,14H2,1H3,(H,15,16). The SMILES string of the molecule is Cc1cc(NCC2CCCC2CO)ncc1N. The molecule has 0 spiro atoms. The number of hydrogen-bond donors (Lipinski definition) is 3. The van der Waals surface area contributed by atoms with Crippen LogP contribution in [0.5, 0.6) is 0 Å². The van der Waals surface area contributed by atoms with Gasteiger partial charge in [-0.2, -0.15) is 0 Å². The van der Waals surface area contributed by atoms with Gasteiger partial charge in [0.15, 0.2) is 0 Å². The Morgan fingerprint density at radius 3 is 2.94 bits per heavy atom. The van der Waals surface area contributed by atoms with E-state index in [1.54, 1.807) is 6.20 Å². The summed E-state index contributed by atoms with van der Waals surface area (Å²) in [5.41, 5.74) is 7.50. The molecule has 0 bridgehead atoms. The van der Waals surface area contributed by atoms with Gasteiger partial charge in [0, 0.05) is 13.2 Å². The maximum atomic E-state index is 9.25. The van der Waals surface area contributed by atoms with Crippen LogP contribution in [0.1, 0.15) is 24.8 Å². The predicted octanol–water partition coefficient (Wildman–Crippen LogP) is 1.79. The molecule has 4 N–H and O–H groups in total. The molecule has 0 aromatic carbocycles. The lowest BCUT2D eigenvalue weighted by atomic mass is 9.97. The molecule has 1 aromatic rings. The number of aliphatic hydroxyl groups excluding tert-OH is 1. The summed E-state index contributed by atoms with van der Waals surface area (Å²) in [5, 5.41) is 12.6. The maximum absolute atomic E-state index is 9.25. The van der Waals surface area contributed by atoms with Crippen molar-refractivity contribution in [2.45, 2.75) is 26.2 Å². The van der Waals surface area contributed by atoms with E-state index >= 15 is 0 Å². The van der Waals surface area contributed by atoms with E-state index in [0.29, 0.717) is 18.4 Å². The van der Waals surface area contributed by atoms with E-state index < -0.39 is 0 Å². The van der Waals surface area contributed by atoms with Gasteiger partial charge >= 0.3 is 0 Å². The zero-order chi connectivity index (χ0) is 12.3. The number of rotatable bonds is 4. The third-order valence-corrected chi connectivity index (χ3v) is 3.75. The van der Waals surface area contributed by atoms with Crippen LogP contribution in [0, 0.1) is 18.8 Å². The Bertz CT molecular complexity index is 381. The molecule has 17 heavy (non-hydrogen) atoms. The largest absolute Gasteiger partial charge is 0.397 e. The van der Waals surface area contributed by atoms with E-state index in [1.165, 1.54) is 12.8 Å². The van der Waals surface area contributed by atoms with Crippen molar-refractivity contribution < 1.29 is 5.11 Å². The second-order valence-electron chi connectivity index (χ2n) is 4.94. The molecule has 4 nitrogen and oxygen atoms in total. The van der Waals surface area contributed by atoms with Crippen LogP contribution in [0.25, 0.3) is 0 Å². The summed E-state index contributed by atoms with van der Waals surface area (Å²) in [6.07, 6.45) is 5.27. The predicted molar refractivity (Wildman–Crippen MR) is 69.8 cm³/mol. The van der Waals surface area contributed by atoms with Crippen molar-refractivity contribution in [2.24, 2.45) is 11.8 Å². The molecule has 0 radical (unpaired) electrons. The third kappa shape index (κ3) is 2.88. The molecule has 1 aromatic heterocycles. The van der Waals surface area contributed by atoms with E-state index in [1.807, 2.05) is 13.0 Å². The summed E-state index contributed by atoms with van der Waals surface area (Å²) in [5.74, 6) is 1.90. The first-order valence-corrected chi connectivity index (χ1v) is 6.27. The quantitative estimate of drug-likeness (QED) is 0.744. The highest BCUT2D eigenvalue weighted by atomic mass is 16.3. The number of pyridine rings is 1. The van der Waals surface area contributed by atoms with Gasteiger partial charge in [-0.1, -0.05) is 6.42 Å². The molecule has 0 aliphatic heterocycles. The Kier molecular flexibility index (Phi) is 3.84. The molecule has 1 fully saturated rings. The molecule has 0 amide bonds. The fraction of sp³-hybridized carbons (Fsp3) is 0.615. The molecule has 1 heterocycles. The number of nitrogens with zero attached hydrogens (tertiary/aromatic N) is 1. The van der Waals surface area contributed by atoms with Crippen molar-refractivity contribution in [3.8, 4) is 0 Å². The number of nitrogens with one attached hydrogen (secondary N) is 1. The van der Waals surface area contributed by atoms with Crippen molar-refractivity contribution in [3.63, 3.8) is 0 Å². The summed E-state index contributed by atoms with van der Waals surface area (Å²) < 4.78 is 0. The molecule has 2 rings (SSSR count). The van der Waals surface area contributed by atoms with Gasteiger partial charge in [-0.25, -0.2) is 4.98 Å². The first-order valence-electron chi connectivity index (χ1n) is 6.27. The molecule has 94 valence electrons. The van der Waals surface area contributed by atoms with Gasteiger partial charge in [0.2, 0.25) is 0 Å². The van der Waals surface area contributed by atoms with Crippen molar-refractivity contribution >= 4 is 11.5 Å². The zero-order valence-corrected chi connectivity index (χ0v) is 10.3. The van der Waals surface area contributed by atoms with E-state index in [4.69, 9.17) is 5.73 Å². The van der Waals surface area contributed by atoms with E-state index in [9.17, 15) is 5.11 Å². The molecule has 1 saturated carbocycles. The number of aliphatic hydroxyl groups is 1. The summed E-state index contributed by atoms with van der Waals surface area (Å²) in [7, 11) is 0. The maximum Gasteiger partial charge on any atom is 0.126 e. The Morgan fingerprint density at radius 2 is 2.24 bits per heavy atom. The third-order valence-electron chi connectivity index (χ3n) is 3.75. The highest BCUT2D eigenvalue weighted by Gasteiger charge is 2.26. The van der Waals surface area contributed by atoms with Crippen LogP contribution in [0.15, 0.2) is 12.3 Å². The minimum Gasteiger partial charge on any atom is -0.397 e. The fourth-order valence-electron chi connectivity index (χ4n) is 2.52. The van der Waals surface area contributed by atoms with Gasteiger partial charge in [-0.05, 0) is 43.2 Å². The molecule has 2 atom stereocenters. The van der Waals surface area contributed by atoms with Crippen LogP contribution >= 0.6 is 0 Å². The topological polar surface area (TPSA) is 71.2 Å². The Balaban J connectivity index is 1.91. The highest BCUT2D eigenvalue weighted by Crippen LogP contribution is 2.31. The van der Waals surface area contributed by atoms with Crippen LogP contribution in [0.3, 0.4) is 0 Å². The lowest BCUT2D eigenvalue weighted by molar-refractivity contribution is 0.199. The lowest BCUT2D eigenvalue weighted by Gasteiger charge is -2.18. The smallest absolute Gasteiger partial charge is 0.126 e. The Labute approximate surface area is 102 Å². The number of aromatic nitrogens is 1. The van der Waals surface area contributed by atoms with Crippen LogP contribution in [-0.4, -0.2) is 23.2 Å². The molecule has 4 heteroatoms. The summed E-state index contributed by atoms with van der Waals surface area (Å²) in [4.78, 5) is 4.25. The van der Waals surface area contributed by atoms with Crippen LogP contribution in [0.2, 0.25) is 0 Å². The first-order chi connectivity index (χ1) is 8.20. The number of nitrogen functional groups attached to an aromatic ring is 1. The average molecular weight is 235 g/mol. The number of hydrogen-bond acceptors (Lipinski definition) is 4. The van der Waals surface area contributed by atoms with Crippen LogP contribution < -0.4 is 11.1 Å². The normalized spacial score (nSPS) is 23.9.